The molecule has 3 unspecified atom stereocenters. The smallest absolute Gasteiger partial charge is 0.307 e. The van der Waals surface area contributed by atoms with Crippen molar-refractivity contribution in [3.05, 3.63) is 12.2 Å². The van der Waals surface area contributed by atoms with Gasteiger partial charge in [0.25, 0.3) is 0 Å². The van der Waals surface area contributed by atoms with E-state index in [-0.39, 0.29) is 11.9 Å². The Morgan fingerprint density at radius 2 is 1.90 bits per heavy atom. The fourth-order valence-electron chi connectivity index (χ4n) is 3.26. The lowest BCUT2D eigenvalue weighted by Crippen LogP contribution is -2.50. The average molecular weight is 280 g/mol. The number of hydrogen-bond acceptors (Lipinski definition) is 3. The molecule has 0 saturated carbocycles. The molecular weight excluding hydrogens is 256 g/mol. The van der Waals surface area contributed by atoms with Gasteiger partial charge in [0.2, 0.25) is 5.91 Å². The van der Waals surface area contributed by atoms with Crippen molar-refractivity contribution in [1.82, 2.24) is 9.80 Å². The number of allylic oxidation sites excluding steroid dienone is 2. The minimum Gasteiger partial charge on any atom is -0.481 e. The summed E-state index contributed by atoms with van der Waals surface area (Å²) in [5.74, 6) is -1.85. The second-order valence-corrected chi connectivity index (χ2v) is 6.00. The highest BCUT2D eigenvalue weighted by Crippen LogP contribution is 2.28. The largest absolute Gasteiger partial charge is 0.481 e. The summed E-state index contributed by atoms with van der Waals surface area (Å²) >= 11 is 0. The molecule has 3 atom stereocenters. The third kappa shape index (κ3) is 3.20. The molecule has 2 aliphatic rings. The number of carboxylic acids is 1. The van der Waals surface area contributed by atoms with Gasteiger partial charge < -0.3 is 14.9 Å². The first-order chi connectivity index (χ1) is 9.50. The van der Waals surface area contributed by atoms with Gasteiger partial charge in [0, 0.05) is 19.6 Å². The molecule has 1 saturated heterocycles. The Morgan fingerprint density at radius 1 is 1.25 bits per heavy atom. The van der Waals surface area contributed by atoms with Gasteiger partial charge in [-0.05, 0) is 39.3 Å². The van der Waals surface area contributed by atoms with E-state index in [0.29, 0.717) is 12.8 Å². The highest BCUT2D eigenvalue weighted by atomic mass is 16.4. The van der Waals surface area contributed by atoms with Gasteiger partial charge in [0.05, 0.1) is 11.8 Å². The number of piperidine rings is 1. The van der Waals surface area contributed by atoms with Crippen LogP contribution >= 0.6 is 0 Å². The molecule has 5 heteroatoms. The van der Waals surface area contributed by atoms with Crippen LogP contribution in [0.3, 0.4) is 0 Å². The first-order valence-electron chi connectivity index (χ1n) is 7.33. The Bertz CT molecular complexity index is 408. The van der Waals surface area contributed by atoms with E-state index in [4.69, 9.17) is 0 Å². The summed E-state index contributed by atoms with van der Waals surface area (Å²) < 4.78 is 0. The van der Waals surface area contributed by atoms with Crippen molar-refractivity contribution in [2.24, 2.45) is 11.8 Å². The van der Waals surface area contributed by atoms with E-state index in [1.165, 1.54) is 0 Å². The Balaban J connectivity index is 2.05. The maximum absolute atomic E-state index is 12.6. The molecule has 1 amide bonds. The molecule has 1 fully saturated rings. The summed E-state index contributed by atoms with van der Waals surface area (Å²) in [6.45, 7) is 1.95. The SMILES string of the molecule is CN1CCCC(N(C)C(=O)C2CC=CCC2C(=O)O)C1. The van der Waals surface area contributed by atoms with Crippen molar-refractivity contribution in [2.75, 3.05) is 27.2 Å². The Kier molecular flexibility index (Phi) is 4.81. The lowest BCUT2D eigenvalue weighted by atomic mass is 9.81. The van der Waals surface area contributed by atoms with Gasteiger partial charge in [-0.1, -0.05) is 12.2 Å². The van der Waals surface area contributed by atoms with Crippen LogP contribution in [0.1, 0.15) is 25.7 Å². The van der Waals surface area contributed by atoms with Crippen LogP contribution in [0.15, 0.2) is 12.2 Å². The zero-order chi connectivity index (χ0) is 14.7. The number of nitrogens with zero attached hydrogens (tertiary/aromatic N) is 2. The van der Waals surface area contributed by atoms with Gasteiger partial charge in [0.15, 0.2) is 0 Å². The molecule has 0 spiro atoms. The highest BCUT2D eigenvalue weighted by molar-refractivity contribution is 5.85. The fraction of sp³-hybridized carbons (Fsp3) is 0.733. The van der Waals surface area contributed by atoms with Crippen molar-refractivity contribution in [3.8, 4) is 0 Å². The fourth-order valence-corrected chi connectivity index (χ4v) is 3.26. The molecule has 1 aliphatic carbocycles. The van der Waals surface area contributed by atoms with Crippen LogP contribution in [0, 0.1) is 11.8 Å². The zero-order valence-electron chi connectivity index (χ0n) is 12.3. The Hall–Kier alpha value is -1.36. The topological polar surface area (TPSA) is 60.9 Å². The first kappa shape index (κ1) is 15.0. The third-order valence-corrected chi connectivity index (χ3v) is 4.56. The maximum atomic E-state index is 12.6. The van der Waals surface area contributed by atoms with Gasteiger partial charge in [-0.3, -0.25) is 9.59 Å². The van der Waals surface area contributed by atoms with Gasteiger partial charge in [0.1, 0.15) is 0 Å². The van der Waals surface area contributed by atoms with Crippen LogP contribution in [-0.2, 0) is 9.59 Å². The van der Waals surface area contributed by atoms with Gasteiger partial charge >= 0.3 is 5.97 Å². The number of carbonyl (C=O) groups is 2. The van der Waals surface area contributed by atoms with E-state index >= 15 is 0 Å². The molecule has 2 rings (SSSR count). The molecule has 5 nitrogen and oxygen atoms in total. The molecule has 1 N–H and O–H groups in total. The van der Waals surface area contributed by atoms with Crippen LogP contribution < -0.4 is 0 Å². The molecule has 1 heterocycles. The van der Waals surface area contributed by atoms with E-state index in [1.54, 1.807) is 4.90 Å². The lowest BCUT2D eigenvalue weighted by Gasteiger charge is -2.38. The number of carboxylic acid groups (broad SMARTS) is 1. The second kappa shape index (κ2) is 6.39. The monoisotopic (exact) mass is 280 g/mol. The van der Waals surface area contributed by atoms with Gasteiger partial charge in [-0.2, -0.15) is 0 Å². The predicted octanol–water partition coefficient (Wildman–Crippen LogP) is 1.21. The van der Waals surface area contributed by atoms with E-state index in [9.17, 15) is 14.7 Å². The lowest BCUT2D eigenvalue weighted by molar-refractivity contribution is -0.151. The Morgan fingerprint density at radius 3 is 2.50 bits per heavy atom. The molecule has 0 aromatic carbocycles. The number of amides is 1. The summed E-state index contributed by atoms with van der Waals surface area (Å²) in [7, 11) is 3.89. The van der Waals surface area contributed by atoms with Crippen molar-refractivity contribution in [1.29, 1.82) is 0 Å². The molecule has 0 radical (unpaired) electrons. The van der Waals surface area contributed by atoms with E-state index in [2.05, 4.69) is 11.9 Å². The summed E-state index contributed by atoms with van der Waals surface area (Å²) in [4.78, 5) is 28.0. The standard InChI is InChI=1S/C15H24N2O3/c1-16-9-5-6-11(10-16)17(2)14(18)12-7-3-4-8-13(12)15(19)20/h3-4,11-13H,5-10H2,1-2H3,(H,19,20). The van der Waals surface area contributed by atoms with Crippen LogP contribution in [-0.4, -0.2) is 60.0 Å². The Labute approximate surface area is 120 Å². The average Bonchev–Trinajstić information content (AvgIpc) is 2.45. The summed E-state index contributed by atoms with van der Waals surface area (Å²) in [5, 5.41) is 9.28. The van der Waals surface area contributed by atoms with Crippen LogP contribution in [0.5, 0.6) is 0 Å². The number of hydrogen-bond donors (Lipinski definition) is 1. The van der Waals surface area contributed by atoms with Crippen LogP contribution in [0.4, 0.5) is 0 Å². The van der Waals surface area contributed by atoms with Crippen molar-refractivity contribution in [3.63, 3.8) is 0 Å². The predicted molar refractivity (Wildman–Crippen MR) is 76.3 cm³/mol. The minimum absolute atomic E-state index is 0.0120. The molecule has 20 heavy (non-hydrogen) atoms. The first-order valence-corrected chi connectivity index (χ1v) is 7.33. The van der Waals surface area contributed by atoms with E-state index in [0.717, 1.165) is 25.9 Å². The normalized spacial score (nSPS) is 31.0. The number of likely N-dealkylation sites (N-methyl/N-ethyl adjacent to an activating group) is 2. The summed E-state index contributed by atoms with van der Waals surface area (Å²) in [6, 6.07) is 0.210. The zero-order valence-corrected chi connectivity index (χ0v) is 12.3. The minimum atomic E-state index is -0.859. The number of rotatable bonds is 3. The van der Waals surface area contributed by atoms with Gasteiger partial charge in [-0.25, -0.2) is 0 Å². The molecular formula is C15H24N2O3. The van der Waals surface area contributed by atoms with E-state index < -0.39 is 17.8 Å². The summed E-state index contributed by atoms with van der Waals surface area (Å²) in [6.07, 6.45) is 6.91. The number of likely N-dealkylation sites (tertiary alicyclic amines) is 1. The molecule has 0 aromatic heterocycles. The highest BCUT2D eigenvalue weighted by Gasteiger charge is 2.37. The van der Waals surface area contributed by atoms with Gasteiger partial charge in [-0.15, -0.1) is 0 Å². The second-order valence-electron chi connectivity index (χ2n) is 6.00. The number of carbonyl (C=O) groups excluding carboxylic acids is 1. The third-order valence-electron chi connectivity index (χ3n) is 4.56. The van der Waals surface area contributed by atoms with Crippen LogP contribution in [0.2, 0.25) is 0 Å². The molecule has 112 valence electrons. The molecule has 0 bridgehead atoms. The van der Waals surface area contributed by atoms with Crippen LogP contribution in [0.25, 0.3) is 0 Å². The molecule has 0 aromatic rings. The van der Waals surface area contributed by atoms with Crippen molar-refractivity contribution in [2.45, 2.75) is 31.7 Å². The molecule has 1 aliphatic heterocycles. The quantitative estimate of drug-likeness (QED) is 0.789. The maximum Gasteiger partial charge on any atom is 0.307 e. The summed E-state index contributed by atoms with van der Waals surface area (Å²) in [5.41, 5.74) is 0. The number of aliphatic carboxylic acids is 1. The van der Waals surface area contributed by atoms with E-state index in [1.807, 2.05) is 19.2 Å². The van der Waals surface area contributed by atoms with Crippen molar-refractivity contribution >= 4 is 11.9 Å². The van der Waals surface area contributed by atoms with Crippen molar-refractivity contribution < 1.29 is 14.7 Å².